The van der Waals surface area contributed by atoms with Crippen LogP contribution in [0, 0.1) is 6.92 Å². The van der Waals surface area contributed by atoms with Crippen LogP contribution in [0.15, 0.2) is 83.8 Å². The predicted molar refractivity (Wildman–Crippen MR) is 132 cm³/mol. The molecule has 1 amide bonds. The van der Waals surface area contributed by atoms with Crippen molar-refractivity contribution in [3.8, 4) is 5.75 Å². The molecule has 1 heterocycles. The van der Waals surface area contributed by atoms with Crippen LogP contribution in [0.2, 0.25) is 0 Å². The van der Waals surface area contributed by atoms with Gasteiger partial charge in [-0.15, -0.1) is 0 Å². The Balaban J connectivity index is 1.36. The van der Waals surface area contributed by atoms with Crippen LogP contribution >= 0.6 is 24.0 Å². The molecule has 3 nitrogen and oxygen atoms in total. The third kappa shape index (κ3) is 5.63. The van der Waals surface area contributed by atoms with Crippen molar-refractivity contribution in [2.45, 2.75) is 20.0 Å². The zero-order chi connectivity index (χ0) is 21.6. The third-order valence-corrected chi connectivity index (χ3v) is 6.38. The van der Waals surface area contributed by atoms with Crippen molar-refractivity contribution < 1.29 is 9.53 Å². The summed E-state index contributed by atoms with van der Waals surface area (Å²) in [6.07, 6.45) is 2.68. The molecule has 31 heavy (non-hydrogen) atoms. The maximum absolute atomic E-state index is 12.8. The highest BCUT2D eigenvalue weighted by Gasteiger charge is 2.31. The van der Waals surface area contributed by atoms with Gasteiger partial charge in [0, 0.05) is 6.54 Å². The molecule has 3 aromatic rings. The smallest absolute Gasteiger partial charge is 0.266 e. The summed E-state index contributed by atoms with van der Waals surface area (Å²) in [4.78, 5) is 15.2. The first-order valence-corrected chi connectivity index (χ1v) is 11.4. The average Bonchev–Trinajstić information content (AvgIpc) is 3.05. The number of benzene rings is 3. The van der Waals surface area contributed by atoms with Crippen LogP contribution in [0.1, 0.15) is 22.3 Å². The SMILES string of the molecule is Cc1cccc(COc2ccc(C=C3SC(=S)N(CCc4ccccc4)C3=O)cc2)c1. The summed E-state index contributed by atoms with van der Waals surface area (Å²) in [7, 11) is 0. The molecule has 5 heteroatoms. The maximum atomic E-state index is 12.8. The van der Waals surface area contributed by atoms with Crippen LogP contribution < -0.4 is 4.74 Å². The van der Waals surface area contributed by atoms with Crippen LogP contribution in [0.25, 0.3) is 6.08 Å². The number of aryl methyl sites for hydroxylation is 1. The van der Waals surface area contributed by atoms with E-state index < -0.39 is 0 Å². The highest BCUT2D eigenvalue weighted by molar-refractivity contribution is 8.26. The summed E-state index contributed by atoms with van der Waals surface area (Å²) < 4.78 is 6.50. The van der Waals surface area contributed by atoms with E-state index in [0.29, 0.717) is 22.4 Å². The Morgan fingerprint density at radius 3 is 2.45 bits per heavy atom. The van der Waals surface area contributed by atoms with E-state index in [0.717, 1.165) is 23.3 Å². The van der Waals surface area contributed by atoms with Gasteiger partial charge in [0.15, 0.2) is 0 Å². The predicted octanol–water partition coefficient (Wildman–Crippen LogP) is 6.02. The van der Waals surface area contributed by atoms with Crippen molar-refractivity contribution in [3.05, 3.63) is 106 Å². The molecule has 156 valence electrons. The van der Waals surface area contributed by atoms with E-state index in [2.05, 4.69) is 37.3 Å². The minimum atomic E-state index is -0.0225. The number of nitrogens with zero attached hydrogens (tertiary/aromatic N) is 1. The van der Waals surface area contributed by atoms with E-state index in [4.69, 9.17) is 17.0 Å². The van der Waals surface area contributed by atoms with E-state index in [1.165, 1.54) is 22.9 Å². The molecule has 1 fully saturated rings. The molecule has 0 N–H and O–H groups in total. The second-order valence-corrected chi connectivity index (χ2v) is 9.09. The molecule has 0 aliphatic carbocycles. The van der Waals surface area contributed by atoms with Gasteiger partial charge < -0.3 is 4.74 Å². The fourth-order valence-electron chi connectivity index (χ4n) is 3.36. The molecule has 0 atom stereocenters. The molecule has 0 bridgehead atoms. The van der Waals surface area contributed by atoms with E-state index in [1.807, 2.05) is 54.6 Å². The molecule has 0 aromatic heterocycles. The summed E-state index contributed by atoms with van der Waals surface area (Å²) in [5, 5.41) is 0. The first-order valence-electron chi connectivity index (χ1n) is 10.2. The zero-order valence-corrected chi connectivity index (χ0v) is 18.9. The number of rotatable bonds is 7. The van der Waals surface area contributed by atoms with Crippen LogP contribution in [0.4, 0.5) is 0 Å². The number of thioether (sulfide) groups is 1. The zero-order valence-electron chi connectivity index (χ0n) is 17.3. The molecule has 0 unspecified atom stereocenters. The first-order chi connectivity index (χ1) is 15.1. The van der Waals surface area contributed by atoms with Crippen LogP contribution in [-0.2, 0) is 17.8 Å². The number of thiocarbonyl (C=S) groups is 1. The Bertz CT molecular complexity index is 1110. The molecule has 1 aliphatic heterocycles. The molecular weight excluding hydrogens is 422 g/mol. The summed E-state index contributed by atoms with van der Waals surface area (Å²) in [6, 6.07) is 26.2. The average molecular weight is 446 g/mol. The Morgan fingerprint density at radius 2 is 1.71 bits per heavy atom. The van der Waals surface area contributed by atoms with Gasteiger partial charge in [-0.25, -0.2) is 0 Å². The second kappa shape index (κ2) is 9.94. The summed E-state index contributed by atoms with van der Waals surface area (Å²) in [5.41, 5.74) is 4.51. The van der Waals surface area contributed by atoms with Crippen molar-refractivity contribution in [2.75, 3.05) is 6.54 Å². The number of amides is 1. The van der Waals surface area contributed by atoms with Crippen molar-refractivity contribution >= 4 is 40.3 Å². The Kier molecular flexibility index (Phi) is 6.85. The second-order valence-electron chi connectivity index (χ2n) is 7.42. The molecule has 0 radical (unpaired) electrons. The van der Waals surface area contributed by atoms with E-state index in [1.54, 1.807) is 4.90 Å². The lowest BCUT2D eigenvalue weighted by molar-refractivity contribution is -0.122. The number of carbonyl (C=O) groups excluding carboxylic acids is 1. The number of hydrogen-bond acceptors (Lipinski definition) is 4. The van der Waals surface area contributed by atoms with Gasteiger partial charge in [-0.2, -0.15) is 0 Å². The van der Waals surface area contributed by atoms with Crippen molar-refractivity contribution in [2.24, 2.45) is 0 Å². The van der Waals surface area contributed by atoms with Gasteiger partial charge in [-0.05, 0) is 48.2 Å². The van der Waals surface area contributed by atoms with Gasteiger partial charge >= 0.3 is 0 Å². The van der Waals surface area contributed by atoms with Crippen molar-refractivity contribution in [3.63, 3.8) is 0 Å². The highest BCUT2D eigenvalue weighted by atomic mass is 32.2. The summed E-state index contributed by atoms with van der Waals surface area (Å²) >= 11 is 6.81. The van der Waals surface area contributed by atoms with Crippen molar-refractivity contribution in [1.82, 2.24) is 4.90 Å². The molecule has 0 spiro atoms. The molecule has 1 aliphatic rings. The Hall–Kier alpha value is -2.89. The van der Waals surface area contributed by atoms with E-state index >= 15 is 0 Å². The van der Waals surface area contributed by atoms with Crippen LogP contribution in [0.3, 0.4) is 0 Å². The minimum Gasteiger partial charge on any atom is -0.489 e. The highest BCUT2D eigenvalue weighted by Crippen LogP contribution is 2.33. The third-order valence-electron chi connectivity index (χ3n) is 5.01. The lowest BCUT2D eigenvalue weighted by Crippen LogP contribution is -2.30. The Labute approximate surface area is 192 Å². The van der Waals surface area contributed by atoms with Gasteiger partial charge in [0.05, 0.1) is 4.91 Å². The van der Waals surface area contributed by atoms with E-state index in [-0.39, 0.29) is 5.91 Å². The van der Waals surface area contributed by atoms with Crippen LogP contribution in [0.5, 0.6) is 5.75 Å². The van der Waals surface area contributed by atoms with Gasteiger partial charge in [0.1, 0.15) is 16.7 Å². The Morgan fingerprint density at radius 1 is 0.968 bits per heavy atom. The monoisotopic (exact) mass is 445 g/mol. The lowest BCUT2D eigenvalue weighted by Gasteiger charge is -2.14. The van der Waals surface area contributed by atoms with Crippen LogP contribution in [-0.4, -0.2) is 21.7 Å². The topological polar surface area (TPSA) is 29.5 Å². The minimum absolute atomic E-state index is 0.0225. The molecule has 4 rings (SSSR count). The maximum Gasteiger partial charge on any atom is 0.266 e. The first kappa shape index (κ1) is 21.3. The standard InChI is InChI=1S/C26H23NO2S2/c1-19-6-5-9-22(16-19)18-29-23-12-10-21(11-13-23)17-24-25(28)27(26(30)31-24)15-14-20-7-3-2-4-8-20/h2-13,16-17H,14-15,18H2,1H3. The molecule has 3 aromatic carbocycles. The summed E-state index contributed by atoms with van der Waals surface area (Å²) in [6.45, 7) is 3.20. The van der Waals surface area contributed by atoms with Crippen molar-refractivity contribution in [1.29, 1.82) is 0 Å². The van der Waals surface area contributed by atoms with Gasteiger partial charge in [0.2, 0.25) is 0 Å². The molecule has 1 saturated heterocycles. The van der Waals surface area contributed by atoms with Gasteiger partial charge in [-0.1, -0.05) is 96.3 Å². The van der Waals surface area contributed by atoms with Gasteiger partial charge in [0.25, 0.3) is 5.91 Å². The molecular formula is C26H23NO2S2. The van der Waals surface area contributed by atoms with Gasteiger partial charge in [-0.3, -0.25) is 9.69 Å². The lowest BCUT2D eigenvalue weighted by atomic mass is 10.1. The fourth-order valence-corrected chi connectivity index (χ4v) is 4.67. The number of hydrogen-bond donors (Lipinski definition) is 0. The number of ether oxygens (including phenoxy) is 1. The van der Waals surface area contributed by atoms with E-state index in [9.17, 15) is 4.79 Å². The summed E-state index contributed by atoms with van der Waals surface area (Å²) in [5.74, 6) is 0.778. The normalized spacial score (nSPS) is 15.0. The fraction of sp³-hybridized carbons (Fsp3) is 0.154. The molecule has 0 saturated carbocycles. The quantitative estimate of drug-likeness (QED) is 0.329. The largest absolute Gasteiger partial charge is 0.489 e. The number of carbonyl (C=O) groups is 1.